The van der Waals surface area contributed by atoms with Crippen LogP contribution in [0.25, 0.3) is 0 Å². The van der Waals surface area contributed by atoms with Gasteiger partial charge in [0.2, 0.25) is 5.91 Å². The number of ether oxygens (including phenoxy) is 1. The lowest BCUT2D eigenvalue weighted by Gasteiger charge is -2.56. The van der Waals surface area contributed by atoms with Crippen LogP contribution in [0.1, 0.15) is 44.6 Å². The van der Waals surface area contributed by atoms with E-state index in [2.05, 4.69) is 0 Å². The minimum atomic E-state index is -0.524. The van der Waals surface area contributed by atoms with Gasteiger partial charge in [-0.3, -0.25) is 4.79 Å². The minimum absolute atomic E-state index is 0.114. The van der Waals surface area contributed by atoms with E-state index >= 15 is 0 Å². The molecule has 1 N–H and O–H groups in total. The normalized spacial score (nSPS) is 29.3. The van der Waals surface area contributed by atoms with Crippen molar-refractivity contribution >= 4 is 5.91 Å². The Morgan fingerprint density at radius 1 is 1.32 bits per heavy atom. The third-order valence-corrected chi connectivity index (χ3v) is 6.63. The Hall–Kier alpha value is -1.46. The second-order valence-corrected chi connectivity index (χ2v) is 7.81. The van der Waals surface area contributed by atoms with Crippen LogP contribution >= 0.6 is 0 Å². The molecule has 2 atom stereocenters. The predicted octanol–water partition coefficient (Wildman–Crippen LogP) is 2.64. The fourth-order valence-electron chi connectivity index (χ4n) is 4.78. The molecule has 25 heavy (non-hydrogen) atoms. The summed E-state index contributed by atoms with van der Waals surface area (Å²) in [5, 5.41) is 10.3. The largest absolute Gasteiger partial charge is 0.392 e. The molecule has 4 rings (SSSR count). The number of rotatable bonds is 4. The monoisotopic (exact) mass is 347 g/mol. The Kier molecular flexibility index (Phi) is 4.12. The van der Waals surface area contributed by atoms with Crippen LogP contribution in [0.5, 0.6) is 0 Å². The van der Waals surface area contributed by atoms with Crippen molar-refractivity contribution in [3.63, 3.8) is 0 Å². The number of hydrogen-bond donors (Lipinski definition) is 1. The number of carbonyl (C=O) groups is 1. The van der Waals surface area contributed by atoms with Gasteiger partial charge in [0, 0.05) is 31.5 Å². The van der Waals surface area contributed by atoms with E-state index in [0.29, 0.717) is 26.1 Å². The van der Waals surface area contributed by atoms with Crippen molar-refractivity contribution in [3.8, 4) is 0 Å². The zero-order valence-corrected chi connectivity index (χ0v) is 14.7. The first kappa shape index (κ1) is 17.0. The van der Waals surface area contributed by atoms with Crippen LogP contribution in [0.15, 0.2) is 24.3 Å². The number of benzene rings is 1. The first-order chi connectivity index (χ1) is 12.0. The van der Waals surface area contributed by atoms with Crippen LogP contribution in [0, 0.1) is 11.2 Å². The van der Waals surface area contributed by atoms with Gasteiger partial charge in [0.05, 0.1) is 17.6 Å². The van der Waals surface area contributed by atoms with Crippen molar-refractivity contribution in [2.75, 3.05) is 19.7 Å². The van der Waals surface area contributed by atoms with E-state index in [1.165, 1.54) is 12.1 Å². The van der Waals surface area contributed by atoms with Crippen LogP contribution < -0.4 is 0 Å². The highest BCUT2D eigenvalue weighted by atomic mass is 19.1. The highest BCUT2D eigenvalue weighted by Gasteiger charge is 2.58. The van der Waals surface area contributed by atoms with Crippen LogP contribution in [0.3, 0.4) is 0 Å². The molecule has 0 radical (unpaired) electrons. The lowest BCUT2D eigenvalue weighted by Crippen LogP contribution is -2.63. The van der Waals surface area contributed by atoms with E-state index < -0.39 is 5.41 Å². The van der Waals surface area contributed by atoms with E-state index in [-0.39, 0.29) is 29.3 Å². The summed E-state index contributed by atoms with van der Waals surface area (Å²) in [5.41, 5.74) is 0.0978. The van der Waals surface area contributed by atoms with Crippen molar-refractivity contribution < 1.29 is 19.0 Å². The van der Waals surface area contributed by atoms with Crippen molar-refractivity contribution in [2.24, 2.45) is 5.41 Å². The number of aliphatic hydroxyl groups excluding tert-OH is 1. The number of nitrogens with zero attached hydrogens (tertiary/aromatic N) is 1. The molecule has 2 unspecified atom stereocenters. The maximum Gasteiger partial charge on any atom is 0.233 e. The van der Waals surface area contributed by atoms with Gasteiger partial charge in [-0.1, -0.05) is 12.1 Å². The molecule has 1 aromatic rings. The Labute approximate surface area is 148 Å². The summed E-state index contributed by atoms with van der Waals surface area (Å²) in [6.07, 6.45) is 3.65. The van der Waals surface area contributed by atoms with Gasteiger partial charge >= 0.3 is 0 Å². The SMILES string of the molecule is CCOC1CC(O)C12CCN(C(=O)C1(c3cccc(F)c3)CC1)CC2. The second-order valence-electron chi connectivity index (χ2n) is 7.81. The average molecular weight is 347 g/mol. The Morgan fingerprint density at radius 2 is 2.04 bits per heavy atom. The number of amides is 1. The topological polar surface area (TPSA) is 49.8 Å². The molecule has 0 bridgehead atoms. The number of carbonyl (C=O) groups excluding carboxylic acids is 1. The molecule has 1 amide bonds. The summed E-state index contributed by atoms with van der Waals surface area (Å²) < 4.78 is 19.4. The molecule has 1 aromatic carbocycles. The standard InChI is InChI=1S/C20H26FNO3/c1-2-25-17-13-16(23)20(17)8-10-22(11-9-20)18(24)19(6-7-19)14-4-3-5-15(21)12-14/h3-5,12,16-17,23H,2,6-11,13H2,1H3. The third-order valence-electron chi connectivity index (χ3n) is 6.63. The molecule has 2 aliphatic carbocycles. The van der Waals surface area contributed by atoms with Gasteiger partial charge in [-0.2, -0.15) is 0 Å². The summed E-state index contributed by atoms with van der Waals surface area (Å²) in [6, 6.07) is 6.46. The smallest absolute Gasteiger partial charge is 0.233 e. The molecule has 0 aromatic heterocycles. The first-order valence-electron chi connectivity index (χ1n) is 9.37. The van der Waals surface area contributed by atoms with Gasteiger partial charge in [-0.15, -0.1) is 0 Å². The van der Waals surface area contributed by atoms with E-state index in [1.807, 2.05) is 17.9 Å². The molecule has 1 spiro atoms. The van der Waals surface area contributed by atoms with E-state index in [1.54, 1.807) is 6.07 Å². The van der Waals surface area contributed by atoms with E-state index in [9.17, 15) is 14.3 Å². The average Bonchev–Trinajstić information content (AvgIpc) is 3.43. The molecule has 136 valence electrons. The van der Waals surface area contributed by atoms with Gasteiger partial charge in [-0.05, 0) is 50.3 Å². The fraction of sp³-hybridized carbons (Fsp3) is 0.650. The van der Waals surface area contributed by atoms with Gasteiger partial charge in [0.15, 0.2) is 0 Å². The number of hydrogen-bond acceptors (Lipinski definition) is 3. The summed E-state index contributed by atoms with van der Waals surface area (Å²) in [6.45, 7) is 3.93. The summed E-state index contributed by atoms with van der Waals surface area (Å²) >= 11 is 0. The molecule has 4 nitrogen and oxygen atoms in total. The Bertz CT molecular complexity index is 663. The van der Waals surface area contributed by atoms with Crippen molar-refractivity contribution in [1.29, 1.82) is 0 Å². The molecular formula is C20H26FNO3. The lowest BCUT2D eigenvalue weighted by atomic mass is 9.58. The number of piperidine rings is 1. The number of halogens is 1. The van der Waals surface area contributed by atoms with Crippen molar-refractivity contribution in [1.82, 2.24) is 4.90 Å². The minimum Gasteiger partial charge on any atom is -0.392 e. The lowest BCUT2D eigenvalue weighted by molar-refractivity contribution is -0.210. The predicted molar refractivity (Wildman–Crippen MR) is 91.6 cm³/mol. The van der Waals surface area contributed by atoms with Crippen LogP contribution in [-0.4, -0.2) is 47.8 Å². The Balaban J connectivity index is 1.45. The van der Waals surface area contributed by atoms with Crippen molar-refractivity contribution in [2.45, 2.75) is 56.7 Å². The van der Waals surface area contributed by atoms with Crippen LogP contribution in [0.4, 0.5) is 4.39 Å². The summed E-state index contributed by atoms with van der Waals surface area (Å²) in [4.78, 5) is 15.0. The molecular weight excluding hydrogens is 321 g/mol. The third kappa shape index (κ3) is 2.59. The quantitative estimate of drug-likeness (QED) is 0.911. The molecule has 2 saturated carbocycles. The second kappa shape index (κ2) is 6.06. The zero-order valence-electron chi connectivity index (χ0n) is 14.7. The van der Waals surface area contributed by atoms with Gasteiger partial charge in [0.25, 0.3) is 0 Å². The molecule has 3 fully saturated rings. The van der Waals surface area contributed by atoms with E-state index in [0.717, 1.165) is 31.2 Å². The Morgan fingerprint density at radius 3 is 2.60 bits per heavy atom. The molecule has 1 aliphatic heterocycles. The zero-order chi connectivity index (χ0) is 17.7. The molecule has 3 aliphatic rings. The highest BCUT2D eigenvalue weighted by Crippen LogP contribution is 2.53. The number of aliphatic hydroxyl groups is 1. The van der Waals surface area contributed by atoms with Crippen molar-refractivity contribution in [3.05, 3.63) is 35.6 Å². The first-order valence-corrected chi connectivity index (χ1v) is 9.37. The van der Waals surface area contributed by atoms with Gasteiger partial charge < -0.3 is 14.7 Å². The summed E-state index contributed by atoms with van der Waals surface area (Å²) in [5.74, 6) is -0.166. The highest BCUT2D eigenvalue weighted by molar-refractivity contribution is 5.91. The molecule has 5 heteroatoms. The molecule has 1 saturated heterocycles. The summed E-state index contributed by atoms with van der Waals surface area (Å²) in [7, 11) is 0. The van der Waals surface area contributed by atoms with Gasteiger partial charge in [-0.25, -0.2) is 4.39 Å². The van der Waals surface area contributed by atoms with E-state index in [4.69, 9.17) is 4.74 Å². The molecule has 1 heterocycles. The fourth-order valence-corrected chi connectivity index (χ4v) is 4.78. The maximum absolute atomic E-state index is 13.6. The van der Waals surface area contributed by atoms with Crippen LogP contribution in [-0.2, 0) is 14.9 Å². The van der Waals surface area contributed by atoms with Crippen LogP contribution in [0.2, 0.25) is 0 Å². The maximum atomic E-state index is 13.6. The van der Waals surface area contributed by atoms with Gasteiger partial charge in [0.1, 0.15) is 5.82 Å². The number of likely N-dealkylation sites (tertiary alicyclic amines) is 1.